The van der Waals surface area contributed by atoms with E-state index in [0.717, 1.165) is 11.1 Å². The molecule has 2 aromatic carbocycles. The first-order chi connectivity index (χ1) is 11.5. The molecule has 0 radical (unpaired) electrons. The third-order valence-corrected chi connectivity index (χ3v) is 3.98. The third-order valence-electron chi connectivity index (χ3n) is 3.68. The average Bonchev–Trinajstić information content (AvgIpc) is 2.57. The van der Waals surface area contributed by atoms with Gasteiger partial charge < -0.3 is 19.3 Å². The predicted molar refractivity (Wildman–Crippen MR) is 90.7 cm³/mol. The Morgan fingerprint density at radius 2 is 1.88 bits per heavy atom. The van der Waals surface area contributed by atoms with Crippen molar-refractivity contribution in [2.24, 2.45) is 0 Å². The second-order valence-corrected chi connectivity index (χ2v) is 5.67. The van der Waals surface area contributed by atoms with Crippen molar-refractivity contribution in [2.75, 3.05) is 7.11 Å². The summed E-state index contributed by atoms with van der Waals surface area (Å²) in [5.74, 6) is 0.796. The molecule has 0 aromatic heterocycles. The first-order valence-electron chi connectivity index (χ1n) is 7.33. The number of halogens is 1. The maximum absolute atomic E-state index is 11.4. The van der Waals surface area contributed by atoms with Gasteiger partial charge in [-0.3, -0.25) is 0 Å². The second-order valence-electron chi connectivity index (χ2n) is 5.26. The van der Waals surface area contributed by atoms with Crippen molar-refractivity contribution in [1.29, 1.82) is 0 Å². The van der Waals surface area contributed by atoms with E-state index in [0.29, 0.717) is 21.9 Å². The molecule has 24 heavy (non-hydrogen) atoms. The standard InChI is InChI=1S/C18H19ClO5/c1-11-7-15(19)17(8-12(11)2)23-10-14-13(9-20)5-4-6-16(14)24-18(21)22-3/h4-8,20H,9-10H2,1-3H3. The molecule has 0 amide bonds. The van der Waals surface area contributed by atoms with Crippen molar-refractivity contribution >= 4 is 17.8 Å². The molecule has 5 nitrogen and oxygen atoms in total. The Morgan fingerprint density at radius 3 is 2.54 bits per heavy atom. The number of ether oxygens (including phenoxy) is 3. The van der Waals surface area contributed by atoms with Crippen LogP contribution in [0, 0.1) is 13.8 Å². The molecule has 0 saturated carbocycles. The van der Waals surface area contributed by atoms with Gasteiger partial charge in [-0.25, -0.2) is 4.79 Å². The number of rotatable bonds is 5. The van der Waals surface area contributed by atoms with Gasteiger partial charge >= 0.3 is 6.16 Å². The summed E-state index contributed by atoms with van der Waals surface area (Å²) in [5.41, 5.74) is 3.27. The molecule has 128 valence electrons. The molecule has 0 saturated heterocycles. The zero-order valence-corrected chi connectivity index (χ0v) is 14.5. The van der Waals surface area contributed by atoms with Gasteiger partial charge in [0.1, 0.15) is 18.1 Å². The van der Waals surface area contributed by atoms with E-state index in [1.807, 2.05) is 26.0 Å². The molecule has 0 fully saturated rings. The van der Waals surface area contributed by atoms with Crippen LogP contribution in [0.25, 0.3) is 0 Å². The first-order valence-corrected chi connectivity index (χ1v) is 7.71. The molecule has 0 heterocycles. The molecule has 2 rings (SSSR count). The van der Waals surface area contributed by atoms with Gasteiger partial charge in [0.15, 0.2) is 0 Å². The van der Waals surface area contributed by atoms with E-state index in [2.05, 4.69) is 4.74 Å². The van der Waals surface area contributed by atoms with Gasteiger partial charge in [0, 0.05) is 5.56 Å². The highest BCUT2D eigenvalue weighted by Gasteiger charge is 2.15. The minimum atomic E-state index is -0.837. The summed E-state index contributed by atoms with van der Waals surface area (Å²) in [5, 5.41) is 10.0. The Bertz CT molecular complexity index is 742. The number of carbonyl (C=O) groups is 1. The van der Waals surface area contributed by atoms with Crippen LogP contribution in [0.4, 0.5) is 4.79 Å². The molecule has 1 N–H and O–H groups in total. The van der Waals surface area contributed by atoms with Crippen molar-refractivity contribution in [3.63, 3.8) is 0 Å². The molecule has 0 unspecified atom stereocenters. The summed E-state index contributed by atoms with van der Waals surface area (Å²) in [6.07, 6.45) is -0.837. The van der Waals surface area contributed by atoms with Crippen LogP contribution in [-0.2, 0) is 18.0 Å². The van der Waals surface area contributed by atoms with Crippen LogP contribution < -0.4 is 9.47 Å². The fourth-order valence-corrected chi connectivity index (χ4v) is 2.44. The number of carbonyl (C=O) groups excluding carboxylic acids is 1. The smallest absolute Gasteiger partial charge is 0.487 e. The van der Waals surface area contributed by atoms with Crippen molar-refractivity contribution in [3.8, 4) is 11.5 Å². The Morgan fingerprint density at radius 1 is 1.17 bits per heavy atom. The topological polar surface area (TPSA) is 65.0 Å². The molecular formula is C18H19ClO5. The van der Waals surface area contributed by atoms with Gasteiger partial charge in [-0.2, -0.15) is 0 Å². The van der Waals surface area contributed by atoms with Crippen LogP contribution in [-0.4, -0.2) is 18.4 Å². The van der Waals surface area contributed by atoms with E-state index in [4.69, 9.17) is 21.1 Å². The maximum Gasteiger partial charge on any atom is 0.513 e. The number of aliphatic hydroxyl groups is 1. The Labute approximate surface area is 145 Å². The van der Waals surface area contributed by atoms with Crippen LogP contribution in [0.5, 0.6) is 11.5 Å². The van der Waals surface area contributed by atoms with Gasteiger partial charge in [-0.1, -0.05) is 23.7 Å². The molecule has 6 heteroatoms. The fourth-order valence-electron chi connectivity index (χ4n) is 2.17. The van der Waals surface area contributed by atoms with Crippen molar-refractivity contribution in [3.05, 3.63) is 57.6 Å². The summed E-state index contributed by atoms with van der Waals surface area (Å²) in [4.78, 5) is 11.4. The molecule has 0 bridgehead atoms. The normalized spacial score (nSPS) is 10.4. The highest BCUT2D eigenvalue weighted by atomic mass is 35.5. The van der Waals surface area contributed by atoms with E-state index < -0.39 is 6.16 Å². The minimum Gasteiger partial charge on any atom is -0.487 e. The first kappa shape index (κ1) is 18.1. The second kappa shape index (κ2) is 8.04. The van der Waals surface area contributed by atoms with Crippen LogP contribution in [0.1, 0.15) is 22.3 Å². The summed E-state index contributed by atoms with van der Waals surface area (Å²) in [6, 6.07) is 8.69. The fraction of sp³-hybridized carbons (Fsp3) is 0.278. The summed E-state index contributed by atoms with van der Waals surface area (Å²) in [6.45, 7) is 3.81. The van der Waals surface area contributed by atoms with Crippen molar-refractivity contribution < 1.29 is 24.1 Å². The predicted octanol–water partition coefficient (Wildman–Crippen LogP) is 4.17. The summed E-state index contributed by atoms with van der Waals surface area (Å²) >= 11 is 6.21. The van der Waals surface area contributed by atoms with Gasteiger partial charge in [-0.15, -0.1) is 0 Å². The number of hydrogen-bond donors (Lipinski definition) is 1. The van der Waals surface area contributed by atoms with E-state index in [1.54, 1.807) is 18.2 Å². The molecule has 0 aliphatic carbocycles. The lowest BCUT2D eigenvalue weighted by Crippen LogP contribution is -2.11. The molecule has 0 aliphatic rings. The summed E-state index contributed by atoms with van der Waals surface area (Å²) < 4.78 is 15.4. The molecular weight excluding hydrogens is 332 g/mol. The lowest BCUT2D eigenvalue weighted by molar-refractivity contribution is 0.120. The average molecular weight is 351 g/mol. The van der Waals surface area contributed by atoms with Crippen LogP contribution in [0.2, 0.25) is 5.02 Å². The van der Waals surface area contributed by atoms with E-state index >= 15 is 0 Å². The van der Waals surface area contributed by atoms with Crippen LogP contribution in [0.15, 0.2) is 30.3 Å². The minimum absolute atomic E-state index is 0.0886. The number of aliphatic hydroxyl groups excluding tert-OH is 1. The van der Waals surface area contributed by atoms with Crippen molar-refractivity contribution in [1.82, 2.24) is 0 Å². The lowest BCUT2D eigenvalue weighted by Gasteiger charge is -2.15. The zero-order chi connectivity index (χ0) is 17.7. The van der Waals surface area contributed by atoms with Crippen LogP contribution in [0.3, 0.4) is 0 Å². The van der Waals surface area contributed by atoms with E-state index in [9.17, 15) is 9.90 Å². The monoisotopic (exact) mass is 350 g/mol. The molecule has 0 atom stereocenters. The Balaban J connectivity index is 2.28. The largest absolute Gasteiger partial charge is 0.513 e. The van der Waals surface area contributed by atoms with Gasteiger partial charge in [-0.05, 0) is 48.7 Å². The molecule has 0 spiro atoms. The maximum atomic E-state index is 11.4. The van der Waals surface area contributed by atoms with Gasteiger partial charge in [0.05, 0.1) is 18.7 Å². The third kappa shape index (κ3) is 4.19. The SMILES string of the molecule is COC(=O)Oc1cccc(CO)c1COc1cc(C)c(C)cc1Cl. The number of aryl methyl sites for hydroxylation is 2. The van der Waals surface area contributed by atoms with Crippen LogP contribution >= 0.6 is 11.6 Å². The lowest BCUT2D eigenvalue weighted by atomic mass is 10.1. The Kier molecular flexibility index (Phi) is 6.06. The highest BCUT2D eigenvalue weighted by Crippen LogP contribution is 2.30. The Hall–Kier alpha value is -2.24. The van der Waals surface area contributed by atoms with Gasteiger partial charge in [0.2, 0.25) is 0 Å². The number of hydrogen-bond acceptors (Lipinski definition) is 5. The highest BCUT2D eigenvalue weighted by molar-refractivity contribution is 6.32. The van der Waals surface area contributed by atoms with Crippen molar-refractivity contribution in [2.45, 2.75) is 27.1 Å². The molecule has 2 aromatic rings. The zero-order valence-electron chi connectivity index (χ0n) is 13.8. The molecule has 0 aliphatic heterocycles. The summed E-state index contributed by atoms with van der Waals surface area (Å²) in [7, 11) is 1.23. The number of methoxy groups -OCH3 is 1. The van der Waals surface area contributed by atoms with E-state index in [-0.39, 0.29) is 19.0 Å². The number of benzene rings is 2. The van der Waals surface area contributed by atoms with Gasteiger partial charge in [0.25, 0.3) is 0 Å². The van der Waals surface area contributed by atoms with E-state index in [1.165, 1.54) is 7.11 Å². The quantitative estimate of drug-likeness (QED) is 0.647.